The Morgan fingerprint density at radius 3 is 1.69 bits per heavy atom. The summed E-state index contributed by atoms with van der Waals surface area (Å²) in [4.78, 5) is 88.1. The molecule has 21 heteroatoms. The third kappa shape index (κ3) is 39.1. The Hall–Kier alpha value is -2.98. The van der Waals surface area contributed by atoms with E-state index in [1.807, 2.05) is 6.92 Å². The van der Waals surface area contributed by atoms with Crippen LogP contribution in [-0.2, 0) is 47.7 Å². The van der Waals surface area contributed by atoms with Crippen molar-refractivity contribution < 1.29 is 66.7 Å². The molecule has 0 radical (unpaired) electrons. The van der Waals surface area contributed by atoms with Crippen molar-refractivity contribution in [2.45, 2.75) is 149 Å². The van der Waals surface area contributed by atoms with Crippen LogP contribution < -0.4 is 20.1 Å². The number of ether oxygens (including phenoxy) is 7. The number of unbranched alkanes of at least 4 members (excludes halogenated alkanes) is 1. The fourth-order valence-electron chi connectivity index (χ4n) is 6.49. The number of carbonyl (C=O) groups is 7. The number of ketones is 2. The zero-order valence-corrected chi connectivity index (χ0v) is 50.3. The van der Waals surface area contributed by atoms with Crippen molar-refractivity contribution in [3.05, 3.63) is 23.8 Å². The molecule has 1 aromatic rings. The van der Waals surface area contributed by atoms with E-state index in [-0.39, 0.29) is 85.2 Å². The second-order valence-electron chi connectivity index (χ2n) is 18.3. The summed E-state index contributed by atoms with van der Waals surface area (Å²) in [6.45, 7) is 18.2. The van der Waals surface area contributed by atoms with Crippen molar-refractivity contribution >= 4 is 100 Å². The summed E-state index contributed by atoms with van der Waals surface area (Å²) in [7, 11) is 0. The van der Waals surface area contributed by atoms with Crippen LogP contribution in [0.25, 0.3) is 0 Å². The highest BCUT2D eigenvalue weighted by Gasteiger charge is 2.24. The molecule has 0 saturated heterocycles. The van der Waals surface area contributed by atoms with Crippen LogP contribution in [0, 0.1) is 5.92 Å². The van der Waals surface area contributed by atoms with E-state index in [9.17, 15) is 33.6 Å². The lowest BCUT2D eigenvalue weighted by Crippen LogP contribution is -2.34. The smallest absolute Gasteiger partial charge is 0.407 e. The van der Waals surface area contributed by atoms with Crippen molar-refractivity contribution in [1.82, 2.24) is 10.6 Å². The highest BCUT2D eigenvalue weighted by atomic mass is 32.2. The molecule has 2 amide bonds. The number of amides is 2. The number of benzene rings is 1. The van der Waals surface area contributed by atoms with Gasteiger partial charge in [0.1, 0.15) is 55.9 Å². The van der Waals surface area contributed by atoms with Gasteiger partial charge >= 0.3 is 24.0 Å². The largest absolute Gasteiger partial charge is 0.492 e. The zero-order chi connectivity index (χ0) is 55.5. The lowest BCUT2D eigenvalue weighted by atomic mass is 9.92. The number of hydrogen-bond acceptors (Lipinski definition) is 19. The monoisotopic (exact) mass is 1150 g/mol. The minimum atomic E-state index is -0.648. The van der Waals surface area contributed by atoms with Gasteiger partial charge in [-0.3, -0.25) is 28.8 Å². The van der Waals surface area contributed by atoms with Crippen LogP contribution in [0.3, 0.4) is 0 Å². The first kappa shape index (κ1) is 70.0. The number of thioether (sulfide) groups is 5. The molecule has 1 rings (SSSR count). The van der Waals surface area contributed by atoms with Crippen LogP contribution in [-0.4, -0.2) is 163 Å². The first-order valence-corrected chi connectivity index (χ1v) is 32.3. The Morgan fingerprint density at radius 1 is 0.573 bits per heavy atom. The molecule has 1 aromatic carbocycles. The number of Topliss-reactive ketones (excluding diaryl/α,β-unsaturated/α-hetero) is 2. The molecule has 430 valence electrons. The molecule has 0 aromatic heterocycles. The second-order valence-corrected chi connectivity index (χ2v) is 24.6. The average Bonchev–Trinajstić information content (AvgIpc) is 3.38. The third-order valence-corrected chi connectivity index (χ3v) is 16.7. The number of alkyl carbamates (subject to hydrolysis) is 1. The molecule has 2 N–H and O–H groups in total. The molecule has 0 heterocycles. The van der Waals surface area contributed by atoms with Crippen LogP contribution >= 0.6 is 58.8 Å². The fraction of sp³-hybridized carbons (Fsp3) is 0.759. The van der Waals surface area contributed by atoms with Gasteiger partial charge in [-0.05, 0) is 76.5 Å². The highest BCUT2D eigenvalue weighted by molar-refractivity contribution is 8.03. The normalized spacial score (nSPS) is 12.5. The van der Waals surface area contributed by atoms with Crippen LogP contribution in [0.2, 0.25) is 0 Å². The Labute approximate surface area is 470 Å². The summed E-state index contributed by atoms with van der Waals surface area (Å²) in [6, 6.07) is 5.13. The summed E-state index contributed by atoms with van der Waals surface area (Å²) in [5.41, 5.74) is -0.311. The van der Waals surface area contributed by atoms with Crippen LogP contribution in [0.4, 0.5) is 4.79 Å². The molecule has 3 atom stereocenters. The van der Waals surface area contributed by atoms with E-state index in [1.54, 1.807) is 119 Å². The summed E-state index contributed by atoms with van der Waals surface area (Å²) >= 11 is 8.30. The van der Waals surface area contributed by atoms with Gasteiger partial charge in [-0.15, -0.1) is 0 Å². The van der Waals surface area contributed by atoms with Gasteiger partial charge in [0.25, 0.3) is 0 Å². The minimum Gasteiger partial charge on any atom is -0.492 e. The summed E-state index contributed by atoms with van der Waals surface area (Å²) < 4.78 is 39.8. The number of rotatable bonds is 47. The lowest BCUT2D eigenvalue weighted by Gasteiger charge is -2.21. The van der Waals surface area contributed by atoms with Crippen LogP contribution in [0.15, 0.2) is 18.2 Å². The SMILES string of the molecule is CCCOCCCSCCNC(=O)C(CCCCNC(=O)OC(C)(C)C)CC(=O)c1cc(OCC(CSCCOC(=O)CC)SCCCC(=O)CC)cc(OCC(CSCCOC(=O)CC)SCCOC(=O)CC)c1. The molecule has 0 bridgehead atoms. The Balaban J connectivity index is 3.47. The molecule has 0 aliphatic rings. The molecule has 0 aliphatic heterocycles. The molecule has 16 nitrogen and oxygen atoms in total. The molecule has 0 aliphatic carbocycles. The van der Waals surface area contributed by atoms with Gasteiger partial charge in [-0.2, -0.15) is 58.8 Å². The van der Waals surface area contributed by atoms with E-state index < -0.39 is 17.6 Å². The number of hydrogen-bond donors (Lipinski definition) is 2. The lowest BCUT2D eigenvalue weighted by molar-refractivity contribution is -0.143. The van der Waals surface area contributed by atoms with E-state index in [4.69, 9.17) is 33.2 Å². The van der Waals surface area contributed by atoms with Gasteiger partial charge in [0, 0.05) is 127 Å². The van der Waals surface area contributed by atoms with E-state index in [1.165, 1.54) is 0 Å². The predicted molar refractivity (Wildman–Crippen MR) is 309 cm³/mol. The second kappa shape index (κ2) is 44.9. The summed E-state index contributed by atoms with van der Waals surface area (Å²) in [6.07, 6.45) is 5.51. The van der Waals surface area contributed by atoms with E-state index >= 15 is 0 Å². The van der Waals surface area contributed by atoms with Crippen molar-refractivity contribution in [2.24, 2.45) is 5.92 Å². The van der Waals surface area contributed by atoms with Crippen LogP contribution in [0.5, 0.6) is 11.5 Å². The number of esters is 3. The van der Waals surface area contributed by atoms with Gasteiger partial charge in [0.05, 0.1) is 0 Å². The van der Waals surface area contributed by atoms with E-state index in [0.717, 1.165) is 43.1 Å². The molecular weight excluding hydrogens is 1060 g/mol. The molecule has 0 saturated carbocycles. The van der Waals surface area contributed by atoms with Gasteiger partial charge in [-0.1, -0.05) is 41.0 Å². The fourth-order valence-corrected chi connectivity index (χ4v) is 11.5. The van der Waals surface area contributed by atoms with Gasteiger partial charge < -0.3 is 43.8 Å². The van der Waals surface area contributed by atoms with E-state index in [0.29, 0.717) is 117 Å². The Bertz CT molecular complexity index is 1700. The van der Waals surface area contributed by atoms with Crippen molar-refractivity contribution in [1.29, 1.82) is 0 Å². The van der Waals surface area contributed by atoms with Crippen molar-refractivity contribution in [3.8, 4) is 11.5 Å². The first-order chi connectivity index (χ1) is 36.0. The number of nitrogens with one attached hydrogen (secondary N) is 2. The zero-order valence-electron chi connectivity index (χ0n) is 46.2. The predicted octanol–water partition coefficient (Wildman–Crippen LogP) is 10.3. The third-order valence-electron chi connectivity index (χ3n) is 10.5. The van der Waals surface area contributed by atoms with Gasteiger partial charge in [0.2, 0.25) is 5.91 Å². The van der Waals surface area contributed by atoms with E-state index in [2.05, 4.69) is 17.6 Å². The van der Waals surface area contributed by atoms with Gasteiger partial charge in [-0.25, -0.2) is 4.79 Å². The Kier molecular flexibility index (Phi) is 42.0. The molecule has 0 spiro atoms. The maximum atomic E-state index is 14.5. The molecule has 0 fully saturated rings. The minimum absolute atomic E-state index is 0.000941. The standard InChI is InChI=1S/C54H90N2O14S5/c1-9-22-64-23-17-27-71-29-21-55-52(62)41(18-14-15-20-56-53(63)70-54(6,7)8)35-48(58)42-33-44(68-37-46(74-28-16-19-43(57)10-2)39-72-30-24-65-49(59)11-3)36-45(34-42)69-38-47(75-32-26-67-51(61)13-5)40-73-31-25-66-50(60)12-4/h33-34,36,41,46-47H,9-32,35,37-40H2,1-8H3,(H,55,62)(H,56,63). The molecule has 3 unspecified atom stereocenters. The Morgan fingerprint density at radius 2 is 1.15 bits per heavy atom. The summed E-state index contributed by atoms with van der Waals surface area (Å²) in [5, 5.41) is 5.77. The maximum Gasteiger partial charge on any atom is 0.407 e. The maximum absolute atomic E-state index is 14.5. The highest BCUT2D eigenvalue weighted by Crippen LogP contribution is 2.29. The molecular formula is C54H90N2O14S5. The summed E-state index contributed by atoms with van der Waals surface area (Å²) in [5.74, 6) is 4.59. The number of carbonyl (C=O) groups excluding carboxylic acids is 7. The van der Waals surface area contributed by atoms with Crippen molar-refractivity contribution in [2.75, 3.05) is 105 Å². The van der Waals surface area contributed by atoms with Crippen molar-refractivity contribution in [3.63, 3.8) is 0 Å². The topological polar surface area (TPSA) is 208 Å². The quantitative estimate of drug-likeness (QED) is 0.0269. The van der Waals surface area contributed by atoms with Crippen LogP contribution in [0.1, 0.15) is 143 Å². The molecule has 75 heavy (non-hydrogen) atoms. The first-order valence-electron chi connectivity index (χ1n) is 26.7. The van der Waals surface area contributed by atoms with Gasteiger partial charge in [0.15, 0.2) is 5.78 Å². The average molecular weight is 1150 g/mol.